The molecule has 0 bridgehead atoms. The van der Waals surface area contributed by atoms with E-state index in [1.807, 2.05) is 55.8 Å². The quantitative estimate of drug-likeness (QED) is 0.226. The van der Waals surface area contributed by atoms with Crippen LogP contribution < -0.4 is 10.9 Å². The highest BCUT2D eigenvalue weighted by Gasteiger charge is 2.22. The number of nitrogens with zero attached hydrogens (tertiary/aromatic N) is 2. The van der Waals surface area contributed by atoms with Gasteiger partial charge in [0, 0.05) is 28.1 Å². The van der Waals surface area contributed by atoms with Crippen molar-refractivity contribution < 1.29 is 4.79 Å². The van der Waals surface area contributed by atoms with Crippen LogP contribution in [0.15, 0.2) is 51.0 Å². The van der Waals surface area contributed by atoms with Crippen molar-refractivity contribution >= 4 is 56.2 Å². The topological polar surface area (TPSA) is 64.0 Å². The minimum atomic E-state index is -0.413. The summed E-state index contributed by atoms with van der Waals surface area (Å²) in [6.45, 7) is 10.5. The zero-order valence-corrected chi connectivity index (χ0v) is 21.8. The monoisotopic (exact) mass is 497 g/mol. The molecular weight excluding hydrogens is 470 g/mol. The highest BCUT2D eigenvalue weighted by Crippen LogP contribution is 2.35. The van der Waals surface area contributed by atoms with E-state index >= 15 is 0 Å². The fourth-order valence-electron chi connectivity index (χ4n) is 3.77. The number of hydrogen-bond donors (Lipinski definition) is 1. The van der Waals surface area contributed by atoms with Gasteiger partial charge < -0.3 is 5.32 Å². The number of aromatic nitrogens is 2. The number of hydrogen-bond acceptors (Lipinski definition) is 6. The van der Waals surface area contributed by atoms with Gasteiger partial charge in [0.05, 0.1) is 10.6 Å². The summed E-state index contributed by atoms with van der Waals surface area (Å²) < 4.78 is 1.67. The van der Waals surface area contributed by atoms with Gasteiger partial charge in [0.25, 0.3) is 5.56 Å². The third-order valence-corrected chi connectivity index (χ3v) is 8.45. The van der Waals surface area contributed by atoms with Gasteiger partial charge in [-0.2, -0.15) is 0 Å². The Morgan fingerprint density at radius 2 is 1.97 bits per heavy atom. The number of para-hydroxylation sites is 1. The molecule has 0 radical (unpaired) electrons. The van der Waals surface area contributed by atoms with Gasteiger partial charge in [0.2, 0.25) is 5.91 Å². The van der Waals surface area contributed by atoms with E-state index in [0.717, 1.165) is 27.3 Å². The second-order valence-electron chi connectivity index (χ2n) is 8.19. The number of amides is 1. The summed E-state index contributed by atoms with van der Waals surface area (Å²) in [5.74, 6) is 0.201. The average Bonchev–Trinajstić information content (AvgIpc) is 3.45. The van der Waals surface area contributed by atoms with Crippen LogP contribution >= 0.6 is 34.4 Å². The van der Waals surface area contributed by atoms with Crippen molar-refractivity contribution in [1.82, 2.24) is 9.55 Å². The van der Waals surface area contributed by atoms with Crippen LogP contribution in [0.5, 0.6) is 0 Å². The number of anilines is 1. The van der Waals surface area contributed by atoms with Crippen molar-refractivity contribution in [3.8, 4) is 10.4 Å². The molecule has 0 spiro atoms. The molecule has 1 unspecified atom stereocenters. The normalized spacial score (nSPS) is 12.4. The van der Waals surface area contributed by atoms with E-state index < -0.39 is 5.25 Å². The minimum absolute atomic E-state index is 0.0525. The Morgan fingerprint density at radius 1 is 1.18 bits per heavy atom. The fraction of sp³-hybridized carbons (Fsp3) is 0.320. The number of fused-ring (bicyclic) bond motifs is 1. The molecule has 0 aliphatic heterocycles. The first-order valence-electron chi connectivity index (χ1n) is 10.9. The molecule has 4 rings (SSSR count). The molecule has 4 aromatic rings. The zero-order chi connectivity index (χ0) is 23.7. The van der Waals surface area contributed by atoms with Crippen molar-refractivity contribution in [2.24, 2.45) is 0 Å². The molecule has 33 heavy (non-hydrogen) atoms. The van der Waals surface area contributed by atoms with E-state index in [1.165, 1.54) is 23.1 Å². The molecular formula is C25H27N3O2S3. The van der Waals surface area contributed by atoms with Gasteiger partial charge in [-0.25, -0.2) is 4.98 Å². The number of aryl methyl sites for hydroxylation is 1. The van der Waals surface area contributed by atoms with Crippen molar-refractivity contribution in [1.29, 1.82) is 0 Å². The van der Waals surface area contributed by atoms with Gasteiger partial charge >= 0.3 is 0 Å². The lowest BCUT2D eigenvalue weighted by Gasteiger charge is -2.19. The van der Waals surface area contributed by atoms with Crippen LogP contribution in [0.1, 0.15) is 44.7 Å². The SMILES string of the molecule is CCn1c(SC(C)C(=O)Nc2c(C)cccc2C(C)C)nc2scc(-c3cccs3)c2c1=O. The summed E-state index contributed by atoms with van der Waals surface area (Å²) in [4.78, 5) is 33.1. The fourth-order valence-corrected chi connectivity index (χ4v) is 6.54. The van der Waals surface area contributed by atoms with Crippen LogP contribution in [-0.4, -0.2) is 20.7 Å². The van der Waals surface area contributed by atoms with E-state index in [1.54, 1.807) is 15.9 Å². The summed E-state index contributed by atoms with van der Waals surface area (Å²) in [6, 6.07) is 10.1. The summed E-state index contributed by atoms with van der Waals surface area (Å²) >= 11 is 4.41. The molecule has 0 saturated carbocycles. The predicted octanol–water partition coefficient (Wildman–Crippen LogP) is 6.76. The molecule has 1 atom stereocenters. The first-order chi connectivity index (χ1) is 15.8. The Labute approximate surface area is 205 Å². The van der Waals surface area contributed by atoms with Crippen LogP contribution in [0.4, 0.5) is 5.69 Å². The Kier molecular flexibility index (Phi) is 7.07. The lowest BCUT2D eigenvalue weighted by atomic mass is 9.98. The van der Waals surface area contributed by atoms with Crippen molar-refractivity contribution in [3.63, 3.8) is 0 Å². The van der Waals surface area contributed by atoms with E-state index in [9.17, 15) is 9.59 Å². The zero-order valence-electron chi connectivity index (χ0n) is 19.3. The van der Waals surface area contributed by atoms with Crippen LogP contribution in [0, 0.1) is 6.92 Å². The van der Waals surface area contributed by atoms with Gasteiger partial charge in [-0.15, -0.1) is 22.7 Å². The first-order valence-corrected chi connectivity index (χ1v) is 13.6. The molecule has 0 saturated heterocycles. The molecule has 3 aromatic heterocycles. The number of thioether (sulfide) groups is 1. The maximum Gasteiger partial charge on any atom is 0.263 e. The van der Waals surface area contributed by atoms with Gasteiger partial charge in [0.1, 0.15) is 4.83 Å². The van der Waals surface area contributed by atoms with Crippen LogP contribution in [0.25, 0.3) is 20.7 Å². The first kappa shape index (κ1) is 23.7. The molecule has 0 aliphatic carbocycles. The summed E-state index contributed by atoms with van der Waals surface area (Å²) in [5.41, 5.74) is 3.91. The molecule has 3 heterocycles. The molecule has 1 amide bonds. The smallest absolute Gasteiger partial charge is 0.263 e. The van der Waals surface area contributed by atoms with E-state index in [-0.39, 0.29) is 11.5 Å². The number of benzene rings is 1. The Hall–Kier alpha value is -2.42. The largest absolute Gasteiger partial charge is 0.325 e. The lowest BCUT2D eigenvalue weighted by molar-refractivity contribution is -0.115. The maximum absolute atomic E-state index is 13.4. The molecule has 1 N–H and O–H groups in total. The second-order valence-corrected chi connectivity index (χ2v) is 11.3. The summed E-state index contributed by atoms with van der Waals surface area (Å²) in [7, 11) is 0. The van der Waals surface area contributed by atoms with E-state index in [0.29, 0.717) is 27.8 Å². The van der Waals surface area contributed by atoms with Crippen molar-refractivity contribution in [3.05, 3.63) is 62.6 Å². The summed E-state index contributed by atoms with van der Waals surface area (Å²) in [5, 5.41) is 7.95. The van der Waals surface area contributed by atoms with Crippen LogP contribution in [-0.2, 0) is 11.3 Å². The number of carbonyl (C=O) groups is 1. The van der Waals surface area contributed by atoms with E-state index in [4.69, 9.17) is 4.98 Å². The molecule has 172 valence electrons. The highest BCUT2D eigenvalue weighted by molar-refractivity contribution is 8.00. The van der Waals surface area contributed by atoms with Crippen LogP contribution in [0.2, 0.25) is 0 Å². The predicted molar refractivity (Wildman–Crippen MR) is 142 cm³/mol. The Balaban J connectivity index is 1.64. The van der Waals surface area contributed by atoms with Crippen molar-refractivity contribution in [2.45, 2.75) is 57.5 Å². The Bertz CT molecular complexity index is 1350. The van der Waals surface area contributed by atoms with Gasteiger partial charge in [-0.05, 0) is 49.3 Å². The van der Waals surface area contributed by atoms with Gasteiger partial charge in [-0.1, -0.05) is 49.9 Å². The van der Waals surface area contributed by atoms with Gasteiger partial charge in [0.15, 0.2) is 5.16 Å². The maximum atomic E-state index is 13.4. The highest BCUT2D eigenvalue weighted by atomic mass is 32.2. The molecule has 8 heteroatoms. The standard InChI is InChI=1S/C25H27N3O2S3/c1-6-28-24(30)20-18(19-11-8-12-31-19)13-32-23(20)27-25(28)33-16(5)22(29)26-21-15(4)9-7-10-17(21)14(2)3/h7-14,16H,6H2,1-5H3,(H,26,29). The minimum Gasteiger partial charge on any atom is -0.325 e. The molecule has 5 nitrogen and oxygen atoms in total. The Morgan fingerprint density at radius 3 is 2.64 bits per heavy atom. The van der Waals surface area contributed by atoms with Crippen LogP contribution in [0.3, 0.4) is 0 Å². The average molecular weight is 498 g/mol. The third kappa shape index (κ3) is 4.65. The molecule has 0 aliphatic rings. The van der Waals surface area contributed by atoms with E-state index in [2.05, 4.69) is 25.2 Å². The number of rotatable bonds is 7. The van der Waals surface area contributed by atoms with Gasteiger partial charge in [-0.3, -0.25) is 14.2 Å². The number of thiophene rings is 2. The number of carbonyl (C=O) groups excluding carboxylic acids is 1. The molecule has 1 aromatic carbocycles. The number of nitrogens with one attached hydrogen (secondary N) is 1. The van der Waals surface area contributed by atoms with Crippen molar-refractivity contribution in [2.75, 3.05) is 5.32 Å². The lowest BCUT2D eigenvalue weighted by Crippen LogP contribution is -2.27. The third-order valence-electron chi connectivity index (χ3n) is 5.59. The molecule has 0 fully saturated rings. The second kappa shape index (κ2) is 9.83. The summed E-state index contributed by atoms with van der Waals surface area (Å²) in [6.07, 6.45) is 0.